The van der Waals surface area contributed by atoms with Crippen molar-refractivity contribution < 1.29 is 22.7 Å². The Balaban J connectivity index is 2.46. The molecule has 1 aromatic carbocycles. The van der Waals surface area contributed by atoms with E-state index in [1.165, 1.54) is 18.2 Å². The van der Waals surface area contributed by atoms with Crippen LogP contribution in [0.2, 0.25) is 0 Å². The van der Waals surface area contributed by atoms with Crippen LogP contribution in [0, 0.1) is 6.92 Å². The van der Waals surface area contributed by atoms with E-state index in [2.05, 4.69) is 10.2 Å². The number of aryl methyl sites for hydroxylation is 1. The molecule has 1 heterocycles. The Kier molecular flexibility index (Phi) is 4.44. The van der Waals surface area contributed by atoms with Gasteiger partial charge in [-0.05, 0) is 32.0 Å². The van der Waals surface area contributed by atoms with Crippen LogP contribution in [-0.4, -0.2) is 22.8 Å². The van der Waals surface area contributed by atoms with Crippen LogP contribution in [0.1, 0.15) is 28.5 Å². The van der Waals surface area contributed by atoms with E-state index in [-0.39, 0.29) is 23.4 Å². The van der Waals surface area contributed by atoms with Crippen LogP contribution in [0.3, 0.4) is 0 Å². The first kappa shape index (κ1) is 15.9. The van der Waals surface area contributed by atoms with Gasteiger partial charge in [0.2, 0.25) is 0 Å². The highest BCUT2D eigenvalue weighted by atomic mass is 19.4. The molecule has 0 aliphatic carbocycles. The molecule has 2 rings (SSSR count). The highest BCUT2D eigenvalue weighted by Crippen LogP contribution is 2.31. The van der Waals surface area contributed by atoms with Gasteiger partial charge in [-0.3, -0.25) is 0 Å². The van der Waals surface area contributed by atoms with Gasteiger partial charge in [-0.1, -0.05) is 12.1 Å². The molecule has 116 valence electrons. The van der Waals surface area contributed by atoms with E-state index in [0.717, 1.165) is 12.1 Å². The topological polar surface area (TPSA) is 52.1 Å². The number of hydrogen-bond donors (Lipinski definition) is 0. The Labute approximate surface area is 124 Å². The fourth-order valence-electron chi connectivity index (χ4n) is 1.86. The number of ether oxygens (including phenoxy) is 1. The minimum absolute atomic E-state index is 0.180. The molecule has 2 aromatic rings. The van der Waals surface area contributed by atoms with Crippen LogP contribution in [0.15, 0.2) is 30.3 Å². The first-order valence-electron chi connectivity index (χ1n) is 6.52. The van der Waals surface area contributed by atoms with Crippen molar-refractivity contribution in [3.8, 4) is 11.3 Å². The second-order valence-corrected chi connectivity index (χ2v) is 4.53. The number of alkyl halides is 3. The van der Waals surface area contributed by atoms with Crippen molar-refractivity contribution in [2.24, 2.45) is 0 Å². The van der Waals surface area contributed by atoms with E-state index in [1.807, 2.05) is 0 Å². The summed E-state index contributed by atoms with van der Waals surface area (Å²) in [7, 11) is 0. The van der Waals surface area contributed by atoms with Crippen molar-refractivity contribution in [1.82, 2.24) is 10.2 Å². The number of aromatic nitrogens is 2. The fourth-order valence-corrected chi connectivity index (χ4v) is 1.86. The molecule has 0 aliphatic rings. The lowest BCUT2D eigenvalue weighted by atomic mass is 10.1. The fraction of sp³-hybridized carbons (Fsp3) is 0.267. The summed E-state index contributed by atoms with van der Waals surface area (Å²) in [5.74, 6) is -0.580. The molecule has 0 N–H and O–H groups in total. The molecule has 1 aromatic heterocycles. The first-order valence-corrected chi connectivity index (χ1v) is 6.52. The van der Waals surface area contributed by atoms with Crippen molar-refractivity contribution in [1.29, 1.82) is 0 Å². The van der Waals surface area contributed by atoms with Crippen LogP contribution in [0.4, 0.5) is 13.2 Å². The zero-order chi connectivity index (χ0) is 16.3. The van der Waals surface area contributed by atoms with Gasteiger partial charge >= 0.3 is 12.1 Å². The Morgan fingerprint density at radius 2 is 1.95 bits per heavy atom. The third-order valence-corrected chi connectivity index (χ3v) is 2.96. The molecule has 0 saturated carbocycles. The van der Waals surface area contributed by atoms with Crippen LogP contribution >= 0.6 is 0 Å². The molecule has 0 amide bonds. The lowest BCUT2D eigenvalue weighted by Crippen LogP contribution is -2.09. The van der Waals surface area contributed by atoms with Gasteiger partial charge in [-0.15, -0.1) is 0 Å². The highest BCUT2D eigenvalue weighted by molar-refractivity contribution is 5.91. The van der Waals surface area contributed by atoms with Crippen molar-refractivity contribution >= 4 is 5.97 Å². The van der Waals surface area contributed by atoms with E-state index in [9.17, 15) is 18.0 Å². The third kappa shape index (κ3) is 3.41. The number of carbonyl (C=O) groups excluding carboxylic acids is 1. The Bertz CT molecular complexity index is 699. The minimum atomic E-state index is -4.45. The molecular weight excluding hydrogens is 297 g/mol. The third-order valence-electron chi connectivity index (χ3n) is 2.96. The van der Waals surface area contributed by atoms with Crippen molar-refractivity contribution in [2.45, 2.75) is 20.0 Å². The molecule has 0 aliphatic heterocycles. The second-order valence-electron chi connectivity index (χ2n) is 4.53. The average molecular weight is 310 g/mol. The molecule has 0 unspecified atom stereocenters. The van der Waals surface area contributed by atoms with Gasteiger partial charge in [0.05, 0.1) is 29.1 Å². The van der Waals surface area contributed by atoms with Crippen LogP contribution in [-0.2, 0) is 10.9 Å². The summed E-state index contributed by atoms with van der Waals surface area (Å²) < 4.78 is 43.1. The van der Waals surface area contributed by atoms with Gasteiger partial charge < -0.3 is 4.74 Å². The molecule has 22 heavy (non-hydrogen) atoms. The number of carbonyl (C=O) groups is 1. The number of rotatable bonds is 3. The predicted octanol–water partition coefficient (Wildman–Crippen LogP) is 3.65. The summed E-state index contributed by atoms with van der Waals surface area (Å²) in [5, 5.41) is 7.67. The van der Waals surface area contributed by atoms with E-state index in [1.54, 1.807) is 13.8 Å². The standard InChI is InChI=1S/C15H13F3N2O2/c1-3-22-14(21)12-8-13(20-19-9(12)2)10-5-4-6-11(7-10)15(16,17)18/h4-8H,3H2,1-2H3. The van der Waals surface area contributed by atoms with Gasteiger partial charge in [0.15, 0.2) is 0 Å². The normalized spacial score (nSPS) is 11.3. The summed E-state index contributed by atoms with van der Waals surface area (Å²) in [6.45, 7) is 3.43. The lowest BCUT2D eigenvalue weighted by molar-refractivity contribution is -0.137. The van der Waals surface area contributed by atoms with Crippen LogP contribution in [0.25, 0.3) is 11.3 Å². The maximum atomic E-state index is 12.7. The molecule has 0 atom stereocenters. The summed E-state index contributed by atoms with van der Waals surface area (Å²) >= 11 is 0. The van der Waals surface area contributed by atoms with E-state index in [4.69, 9.17) is 4.74 Å². The number of halogens is 3. The predicted molar refractivity (Wildman–Crippen MR) is 73.2 cm³/mol. The van der Waals surface area contributed by atoms with Gasteiger partial charge in [0.25, 0.3) is 0 Å². The molecule has 0 saturated heterocycles. The molecule has 0 fully saturated rings. The molecule has 4 nitrogen and oxygen atoms in total. The molecule has 0 bridgehead atoms. The van der Waals surface area contributed by atoms with Gasteiger partial charge in [-0.2, -0.15) is 23.4 Å². The quantitative estimate of drug-likeness (QED) is 0.812. The number of benzene rings is 1. The summed E-state index contributed by atoms with van der Waals surface area (Å²) in [5.41, 5.74) is 0.163. The van der Waals surface area contributed by atoms with Gasteiger partial charge in [0.1, 0.15) is 0 Å². The number of esters is 1. The largest absolute Gasteiger partial charge is 0.462 e. The monoisotopic (exact) mass is 310 g/mol. The SMILES string of the molecule is CCOC(=O)c1cc(-c2cccc(C(F)(F)F)c2)nnc1C. The maximum absolute atomic E-state index is 12.7. The number of hydrogen-bond acceptors (Lipinski definition) is 4. The minimum Gasteiger partial charge on any atom is -0.462 e. The lowest BCUT2D eigenvalue weighted by Gasteiger charge is -2.09. The zero-order valence-electron chi connectivity index (χ0n) is 11.9. The molecule has 7 heteroatoms. The van der Waals surface area contributed by atoms with Gasteiger partial charge in [0, 0.05) is 5.56 Å². The van der Waals surface area contributed by atoms with Crippen LogP contribution in [0.5, 0.6) is 0 Å². The first-order chi connectivity index (χ1) is 10.3. The van der Waals surface area contributed by atoms with Gasteiger partial charge in [-0.25, -0.2) is 4.79 Å². The Morgan fingerprint density at radius 3 is 2.59 bits per heavy atom. The summed E-state index contributed by atoms with van der Waals surface area (Å²) in [6, 6.07) is 6.08. The van der Waals surface area contributed by atoms with E-state index >= 15 is 0 Å². The van der Waals surface area contributed by atoms with Crippen molar-refractivity contribution in [2.75, 3.05) is 6.61 Å². The maximum Gasteiger partial charge on any atom is 0.416 e. The second kappa shape index (κ2) is 6.13. The number of nitrogens with zero attached hydrogens (tertiary/aromatic N) is 2. The van der Waals surface area contributed by atoms with E-state index in [0.29, 0.717) is 5.69 Å². The summed E-state index contributed by atoms with van der Waals surface area (Å²) in [6.07, 6.45) is -4.45. The van der Waals surface area contributed by atoms with Crippen molar-refractivity contribution in [3.05, 3.63) is 47.2 Å². The van der Waals surface area contributed by atoms with E-state index < -0.39 is 17.7 Å². The average Bonchev–Trinajstić information content (AvgIpc) is 2.47. The smallest absolute Gasteiger partial charge is 0.416 e. The molecule has 0 radical (unpaired) electrons. The molecular formula is C15H13F3N2O2. The van der Waals surface area contributed by atoms with Crippen molar-refractivity contribution in [3.63, 3.8) is 0 Å². The Hall–Kier alpha value is -2.44. The highest BCUT2D eigenvalue weighted by Gasteiger charge is 2.30. The zero-order valence-corrected chi connectivity index (χ0v) is 11.9. The summed E-state index contributed by atoms with van der Waals surface area (Å²) in [4.78, 5) is 11.8. The Morgan fingerprint density at radius 1 is 1.23 bits per heavy atom. The van der Waals surface area contributed by atoms with Crippen LogP contribution < -0.4 is 0 Å². The molecule has 0 spiro atoms.